The Kier molecular flexibility index (Phi) is 3.55. The van der Waals surface area contributed by atoms with Crippen LogP contribution in [0.25, 0.3) is 0 Å². The van der Waals surface area contributed by atoms with E-state index in [0.717, 1.165) is 5.56 Å². The van der Waals surface area contributed by atoms with Crippen LogP contribution in [-0.4, -0.2) is 20.1 Å². The summed E-state index contributed by atoms with van der Waals surface area (Å²) >= 11 is 0. The molecule has 0 radical (unpaired) electrons. The molecule has 0 aliphatic carbocycles. The first kappa shape index (κ1) is 14.0. The maximum absolute atomic E-state index is 11.2. The molecule has 0 aliphatic heterocycles. The topological polar surface area (TPSA) is 63.6 Å². The fraction of sp³-hybridized carbons (Fsp3) is 0.500. The van der Waals surface area contributed by atoms with Gasteiger partial charge in [-0.1, -0.05) is 20.8 Å². The van der Waals surface area contributed by atoms with Gasteiger partial charge in [0, 0.05) is 5.56 Å². The van der Waals surface area contributed by atoms with Gasteiger partial charge in [0.1, 0.15) is 5.75 Å². The largest absolute Gasteiger partial charge is 0.496 e. The minimum Gasteiger partial charge on any atom is -0.496 e. The molecular weight excluding hydrogens is 240 g/mol. The highest BCUT2D eigenvalue weighted by molar-refractivity contribution is 7.85. The van der Waals surface area contributed by atoms with E-state index in [1.54, 1.807) is 13.0 Å². The zero-order valence-electron chi connectivity index (χ0n) is 10.7. The number of methoxy groups -OCH3 is 1. The molecule has 1 rings (SSSR count). The first-order valence-corrected chi connectivity index (χ1v) is 6.68. The zero-order chi connectivity index (χ0) is 13.4. The lowest BCUT2D eigenvalue weighted by Gasteiger charge is -2.23. The van der Waals surface area contributed by atoms with Gasteiger partial charge in [0.25, 0.3) is 10.1 Å². The van der Waals surface area contributed by atoms with E-state index in [0.29, 0.717) is 11.3 Å². The molecule has 0 bridgehead atoms. The molecular formula is C12H18O4S. The van der Waals surface area contributed by atoms with Crippen molar-refractivity contribution >= 4 is 10.1 Å². The van der Waals surface area contributed by atoms with Gasteiger partial charge in [-0.05, 0) is 30.0 Å². The van der Waals surface area contributed by atoms with Crippen molar-refractivity contribution in [1.82, 2.24) is 0 Å². The molecule has 1 aromatic carbocycles. The molecule has 0 aromatic heterocycles. The molecule has 0 spiro atoms. The van der Waals surface area contributed by atoms with Crippen molar-refractivity contribution in [2.75, 3.05) is 7.11 Å². The van der Waals surface area contributed by atoms with Crippen LogP contribution in [-0.2, 0) is 15.5 Å². The summed E-state index contributed by atoms with van der Waals surface area (Å²) in [5.74, 6) is 0.627. The normalized spacial score (nSPS) is 12.6. The van der Waals surface area contributed by atoms with Gasteiger partial charge in [-0.2, -0.15) is 8.42 Å². The Morgan fingerprint density at radius 3 is 2.12 bits per heavy atom. The second-order valence-corrected chi connectivity index (χ2v) is 6.43. The summed E-state index contributed by atoms with van der Waals surface area (Å²) in [6.45, 7) is 7.48. The number of rotatable bonds is 2. The number of aryl methyl sites for hydroxylation is 1. The van der Waals surface area contributed by atoms with Crippen molar-refractivity contribution in [2.45, 2.75) is 38.0 Å². The number of hydrogen-bond donors (Lipinski definition) is 1. The Balaban J connectivity index is 3.61. The highest BCUT2D eigenvalue weighted by Crippen LogP contribution is 2.34. The highest BCUT2D eigenvalue weighted by Gasteiger charge is 2.23. The molecule has 0 heterocycles. The number of ether oxygens (including phenoxy) is 1. The summed E-state index contributed by atoms with van der Waals surface area (Å²) in [6.07, 6.45) is 0. The fourth-order valence-corrected chi connectivity index (χ4v) is 2.43. The molecule has 0 fully saturated rings. The molecule has 0 amide bonds. The van der Waals surface area contributed by atoms with Crippen LogP contribution >= 0.6 is 0 Å². The first-order valence-electron chi connectivity index (χ1n) is 5.24. The first-order chi connectivity index (χ1) is 7.57. The molecule has 0 saturated carbocycles. The standard InChI is InChI=1S/C12H18O4S/c1-8-6-10(16-5)9(12(2,3)4)7-11(8)17(13,14)15/h6-7H,1-5H3,(H,13,14,15). The number of hydrogen-bond acceptors (Lipinski definition) is 3. The van der Waals surface area contributed by atoms with E-state index in [1.165, 1.54) is 13.2 Å². The van der Waals surface area contributed by atoms with Crippen LogP contribution in [0, 0.1) is 6.92 Å². The van der Waals surface area contributed by atoms with Gasteiger partial charge >= 0.3 is 0 Å². The van der Waals surface area contributed by atoms with E-state index in [4.69, 9.17) is 9.29 Å². The average Bonchev–Trinajstić information content (AvgIpc) is 2.13. The van der Waals surface area contributed by atoms with Crippen LogP contribution in [0.2, 0.25) is 0 Å². The molecule has 0 aliphatic rings. The van der Waals surface area contributed by atoms with E-state index in [9.17, 15) is 8.42 Å². The molecule has 0 atom stereocenters. The Morgan fingerprint density at radius 1 is 1.24 bits per heavy atom. The minimum absolute atomic E-state index is 0.0665. The lowest BCUT2D eigenvalue weighted by Crippen LogP contribution is -2.15. The Hall–Kier alpha value is -1.07. The molecule has 17 heavy (non-hydrogen) atoms. The van der Waals surface area contributed by atoms with Crippen LogP contribution in [0.3, 0.4) is 0 Å². The fourth-order valence-electron chi connectivity index (χ4n) is 1.69. The lowest BCUT2D eigenvalue weighted by atomic mass is 9.86. The molecule has 4 nitrogen and oxygen atoms in total. The predicted molar refractivity (Wildman–Crippen MR) is 66.2 cm³/mol. The third-order valence-corrected chi connectivity index (χ3v) is 3.58. The van der Waals surface area contributed by atoms with E-state index in [1.807, 2.05) is 20.8 Å². The van der Waals surface area contributed by atoms with Crippen molar-refractivity contribution in [3.05, 3.63) is 23.3 Å². The third kappa shape index (κ3) is 2.98. The van der Waals surface area contributed by atoms with E-state index >= 15 is 0 Å². The summed E-state index contributed by atoms with van der Waals surface area (Å²) < 4.78 is 36.9. The quantitative estimate of drug-likeness (QED) is 0.828. The van der Waals surface area contributed by atoms with Crippen LogP contribution in [0.4, 0.5) is 0 Å². The van der Waals surface area contributed by atoms with Gasteiger partial charge in [-0.3, -0.25) is 4.55 Å². The van der Waals surface area contributed by atoms with Gasteiger partial charge in [-0.15, -0.1) is 0 Å². The van der Waals surface area contributed by atoms with Crippen molar-refractivity contribution in [3.8, 4) is 5.75 Å². The summed E-state index contributed by atoms with van der Waals surface area (Å²) in [5, 5.41) is 0. The van der Waals surface area contributed by atoms with Gasteiger partial charge < -0.3 is 4.74 Å². The summed E-state index contributed by atoms with van der Waals surface area (Å²) in [6, 6.07) is 3.10. The van der Waals surface area contributed by atoms with Crippen molar-refractivity contribution in [2.24, 2.45) is 0 Å². The second-order valence-electron chi connectivity index (χ2n) is 5.04. The van der Waals surface area contributed by atoms with Gasteiger partial charge in [0.15, 0.2) is 0 Å². The molecule has 1 N–H and O–H groups in total. The van der Waals surface area contributed by atoms with Crippen molar-refractivity contribution in [1.29, 1.82) is 0 Å². The van der Waals surface area contributed by atoms with Crippen LogP contribution in [0.15, 0.2) is 17.0 Å². The predicted octanol–water partition coefficient (Wildman–Crippen LogP) is 2.55. The maximum atomic E-state index is 11.2. The Bertz CT molecular complexity index is 524. The highest BCUT2D eigenvalue weighted by atomic mass is 32.2. The van der Waals surface area contributed by atoms with Gasteiger partial charge in [0.2, 0.25) is 0 Å². The van der Waals surface area contributed by atoms with Crippen molar-refractivity contribution in [3.63, 3.8) is 0 Å². The zero-order valence-corrected chi connectivity index (χ0v) is 11.6. The summed E-state index contributed by atoms with van der Waals surface area (Å²) in [4.78, 5) is -0.0665. The molecule has 96 valence electrons. The van der Waals surface area contributed by atoms with Gasteiger partial charge in [-0.25, -0.2) is 0 Å². The maximum Gasteiger partial charge on any atom is 0.294 e. The summed E-state index contributed by atoms with van der Waals surface area (Å²) in [5.41, 5.74) is 0.953. The second kappa shape index (κ2) is 4.31. The SMILES string of the molecule is COc1cc(C)c(S(=O)(=O)O)cc1C(C)(C)C. The minimum atomic E-state index is -4.20. The average molecular weight is 258 g/mol. The number of benzene rings is 1. The van der Waals surface area contributed by atoms with Crippen molar-refractivity contribution < 1.29 is 17.7 Å². The van der Waals surface area contributed by atoms with E-state index in [-0.39, 0.29) is 10.3 Å². The smallest absolute Gasteiger partial charge is 0.294 e. The summed E-state index contributed by atoms with van der Waals surface area (Å²) in [7, 11) is -2.66. The van der Waals surface area contributed by atoms with E-state index in [2.05, 4.69) is 0 Å². The van der Waals surface area contributed by atoms with Crippen LogP contribution in [0.1, 0.15) is 31.9 Å². The third-order valence-electron chi connectivity index (χ3n) is 2.58. The van der Waals surface area contributed by atoms with Crippen LogP contribution in [0.5, 0.6) is 5.75 Å². The Labute approximate surface area is 102 Å². The molecule has 0 saturated heterocycles. The molecule has 0 unspecified atom stereocenters. The lowest BCUT2D eigenvalue weighted by molar-refractivity contribution is 0.396. The van der Waals surface area contributed by atoms with Crippen LogP contribution < -0.4 is 4.74 Å². The van der Waals surface area contributed by atoms with E-state index < -0.39 is 10.1 Å². The van der Waals surface area contributed by atoms with Gasteiger partial charge in [0.05, 0.1) is 12.0 Å². The molecule has 1 aromatic rings. The monoisotopic (exact) mass is 258 g/mol. The molecule has 5 heteroatoms. The Morgan fingerprint density at radius 2 is 1.76 bits per heavy atom.